The lowest BCUT2D eigenvalue weighted by Crippen LogP contribution is -2.25. The van der Waals surface area contributed by atoms with E-state index in [9.17, 15) is 0 Å². The van der Waals surface area contributed by atoms with E-state index < -0.39 is 0 Å². The van der Waals surface area contributed by atoms with Gasteiger partial charge in [-0.15, -0.1) is 0 Å². The fourth-order valence-corrected chi connectivity index (χ4v) is 1.74. The normalized spacial score (nSPS) is 30.2. The molecule has 1 rings (SSSR count). The number of hydrogen-bond acceptors (Lipinski definition) is 1. The van der Waals surface area contributed by atoms with E-state index in [1.165, 1.54) is 11.1 Å². The van der Waals surface area contributed by atoms with Crippen LogP contribution in [0.2, 0.25) is 0 Å². The van der Waals surface area contributed by atoms with Gasteiger partial charge in [0.05, 0.1) is 0 Å². The Labute approximate surface area is 74.7 Å². The molecule has 1 aliphatic rings. The zero-order valence-electron chi connectivity index (χ0n) is 7.88. The number of nitrogens with two attached hydrogens (primary N) is 1. The molecule has 2 unspecified atom stereocenters. The van der Waals surface area contributed by atoms with Gasteiger partial charge >= 0.3 is 0 Å². The summed E-state index contributed by atoms with van der Waals surface area (Å²) >= 11 is 0. The molecule has 66 valence electrons. The summed E-state index contributed by atoms with van der Waals surface area (Å²) in [6.45, 7) is 8.00. The van der Waals surface area contributed by atoms with Crippen molar-refractivity contribution in [3.8, 4) is 0 Å². The highest BCUT2D eigenvalue weighted by atomic mass is 14.7. The molecular formula is C11H17N. The minimum absolute atomic E-state index is 0.223. The third-order valence-corrected chi connectivity index (χ3v) is 2.50. The van der Waals surface area contributed by atoms with Gasteiger partial charge < -0.3 is 5.73 Å². The van der Waals surface area contributed by atoms with Gasteiger partial charge in [-0.3, -0.25) is 0 Å². The van der Waals surface area contributed by atoms with Gasteiger partial charge in [-0.1, -0.05) is 37.3 Å². The molecule has 0 amide bonds. The lowest BCUT2D eigenvalue weighted by molar-refractivity contribution is 0.545. The average Bonchev–Trinajstić information content (AvgIpc) is 2.25. The van der Waals surface area contributed by atoms with Crippen LogP contribution in [0.4, 0.5) is 0 Å². The Hall–Kier alpha value is -0.820. The molecule has 1 aliphatic carbocycles. The van der Waals surface area contributed by atoms with Crippen molar-refractivity contribution in [3.05, 3.63) is 36.0 Å². The Balaban J connectivity index is 2.80. The molecule has 0 radical (unpaired) electrons. The number of allylic oxidation sites excluding steroid dienone is 3. The first-order chi connectivity index (χ1) is 5.66. The van der Waals surface area contributed by atoms with Gasteiger partial charge in [-0.2, -0.15) is 0 Å². The van der Waals surface area contributed by atoms with Crippen molar-refractivity contribution in [1.29, 1.82) is 0 Å². The van der Waals surface area contributed by atoms with Gasteiger partial charge in [0.15, 0.2) is 0 Å². The van der Waals surface area contributed by atoms with Crippen molar-refractivity contribution in [2.24, 2.45) is 11.7 Å². The first-order valence-electron chi connectivity index (χ1n) is 4.41. The van der Waals surface area contributed by atoms with Crippen LogP contribution in [0.1, 0.15) is 20.3 Å². The minimum atomic E-state index is 0.223. The van der Waals surface area contributed by atoms with Gasteiger partial charge in [0.2, 0.25) is 0 Å². The molecule has 0 saturated carbocycles. The van der Waals surface area contributed by atoms with Crippen LogP contribution in [0.25, 0.3) is 0 Å². The molecule has 0 aromatic heterocycles. The van der Waals surface area contributed by atoms with E-state index in [-0.39, 0.29) is 6.04 Å². The molecule has 0 heterocycles. The standard InChI is InChI=1S/C11H17N/c1-4-5-6-10-8(2)7-9(3)11(10)12/h4-6,9,11H,1,7,12H2,2-3H3/b6-5-. The average molecular weight is 163 g/mol. The second-order valence-electron chi connectivity index (χ2n) is 3.54. The number of hydrogen-bond donors (Lipinski definition) is 1. The first kappa shape index (κ1) is 9.27. The summed E-state index contributed by atoms with van der Waals surface area (Å²) in [4.78, 5) is 0. The molecule has 1 heteroatoms. The molecule has 0 aromatic carbocycles. The van der Waals surface area contributed by atoms with E-state index in [0.29, 0.717) is 5.92 Å². The maximum Gasteiger partial charge on any atom is 0.0323 e. The maximum absolute atomic E-state index is 6.01. The van der Waals surface area contributed by atoms with Crippen LogP contribution in [-0.2, 0) is 0 Å². The van der Waals surface area contributed by atoms with Gasteiger partial charge in [0.25, 0.3) is 0 Å². The Bertz CT molecular complexity index is 235. The zero-order valence-corrected chi connectivity index (χ0v) is 7.88. The van der Waals surface area contributed by atoms with Crippen LogP contribution in [0.5, 0.6) is 0 Å². The molecule has 0 aliphatic heterocycles. The topological polar surface area (TPSA) is 26.0 Å². The smallest absolute Gasteiger partial charge is 0.0323 e. The monoisotopic (exact) mass is 163 g/mol. The van der Waals surface area contributed by atoms with E-state index in [4.69, 9.17) is 5.73 Å². The lowest BCUT2D eigenvalue weighted by Gasteiger charge is -2.10. The molecule has 2 N–H and O–H groups in total. The highest BCUT2D eigenvalue weighted by Crippen LogP contribution is 2.30. The molecule has 0 saturated heterocycles. The van der Waals surface area contributed by atoms with Crippen molar-refractivity contribution in [2.45, 2.75) is 26.3 Å². The zero-order chi connectivity index (χ0) is 9.14. The Morgan fingerprint density at radius 2 is 2.25 bits per heavy atom. The van der Waals surface area contributed by atoms with Crippen molar-refractivity contribution in [3.63, 3.8) is 0 Å². The predicted octanol–water partition coefficient (Wildman–Crippen LogP) is 2.41. The Kier molecular flexibility index (Phi) is 2.88. The molecule has 0 bridgehead atoms. The maximum atomic E-state index is 6.01. The summed E-state index contributed by atoms with van der Waals surface area (Å²) in [6.07, 6.45) is 6.96. The van der Waals surface area contributed by atoms with Crippen LogP contribution < -0.4 is 5.73 Å². The summed E-state index contributed by atoms with van der Waals surface area (Å²) < 4.78 is 0. The van der Waals surface area contributed by atoms with E-state index in [2.05, 4.69) is 26.5 Å². The molecule has 2 atom stereocenters. The van der Waals surface area contributed by atoms with Crippen LogP contribution in [0.3, 0.4) is 0 Å². The largest absolute Gasteiger partial charge is 0.324 e. The third-order valence-electron chi connectivity index (χ3n) is 2.50. The molecule has 0 aromatic rings. The fraction of sp³-hybridized carbons (Fsp3) is 0.455. The predicted molar refractivity (Wildman–Crippen MR) is 53.8 cm³/mol. The van der Waals surface area contributed by atoms with Crippen LogP contribution >= 0.6 is 0 Å². The molecule has 0 spiro atoms. The fourth-order valence-electron chi connectivity index (χ4n) is 1.74. The van der Waals surface area contributed by atoms with E-state index in [0.717, 1.165) is 6.42 Å². The van der Waals surface area contributed by atoms with Crippen LogP contribution in [0, 0.1) is 5.92 Å². The third kappa shape index (κ3) is 1.67. The summed E-state index contributed by atoms with van der Waals surface area (Å²) in [5.74, 6) is 0.592. The second-order valence-corrected chi connectivity index (χ2v) is 3.54. The Morgan fingerprint density at radius 1 is 1.58 bits per heavy atom. The molecule has 1 nitrogen and oxygen atoms in total. The summed E-state index contributed by atoms with van der Waals surface area (Å²) in [5, 5.41) is 0. The van der Waals surface area contributed by atoms with Crippen molar-refractivity contribution >= 4 is 0 Å². The highest BCUT2D eigenvalue weighted by Gasteiger charge is 2.24. The number of rotatable bonds is 2. The highest BCUT2D eigenvalue weighted by molar-refractivity contribution is 5.36. The van der Waals surface area contributed by atoms with E-state index >= 15 is 0 Å². The van der Waals surface area contributed by atoms with Gasteiger partial charge in [0.1, 0.15) is 0 Å². The van der Waals surface area contributed by atoms with Gasteiger partial charge in [0, 0.05) is 6.04 Å². The van der Waals surface area contributed by atoms with Crippen LogP contribution in [-0.4, -0.2) is 6.04 Å². The summed E-state index contributed by atoms with van der Waals surface area (Å²) in [6, 6.07) is 0.223. The van der Waals surface area contributed by atoms with E-state index in [1.807, 2.05) is 6.08 Å². The van der Waals surface area contributed by atoms with Gasteiger partial charge in [-0.05, 0) is 24.8 Å². The molecule has 0 fully saturated rings. The van der Waals surface area contributed by atoms with Crippen molar-refractivity contribution in [2.75, 3.05) is 0 Å². The molecular weight excluding hydrogens is 146 g/mol. The van der Waals surface area contributed by atoms with Crippen molar-refractivity contribution in [1.82, 2.24) is 0 Å². The van der Waals surface area contributed by atoms with Crippen LogP contribution in [0.15, 0.2) is 36.0 Å². The SMILES string of the molecule is C=C/C=C\C1=C(C)CC(C)C1N. The second kappa shape index (κ2) is 3.72. The van der Waals surface area contributed by atoms with Crippen molar-refractivity contribution < 1.29 is 0 Å². The first-order valence-corrected chi connectivity index (χ1v) is 4.41. The summed E-state index contributed by atoms with van der Waals surface area (Å²) in [5.41, 5.74) is 8.73. The Morgan fingerprint density at radius 3 is 2.67 bits per heavy atom. The van der Waals surface area contributed by atoms with Gasteiger partial charge in [-0.25, -0.2) is 0 Å². The molecule has 12 heavy (non-hydrogen) atoms. The summed E-state index contributed by atoms with van der Waals surface area (Å²) in [7, 11) is 0. The van der Waals surface area contributed by atoms with E-state index in [1.54, 1.807) is 6.08 Å². The lowest BCUT2D eigenvalue weighted by atomic mass is 10.0. The minimum Gasteiger partial charge on any atom is -0.324 e. The quantitative estimate of drug-likeness (QED) is 0.621.